The van der Waals surface area contributed by atoms with Gasteiger partial charge in [0.15, 0.2) is 0 Å². The van der Waals surface area contributed by atoms with Crippen molar-refractivity contribution in [2.24, 2.45) is 11.7 Å². The third kappa shape index (κ3) is 2.02. The highest BCUT2D eigenvalue weighted by Crippen LogP contribution is 2.40. The zero-order valence-corrected chi connectivity index (χ0v) is 5.75. The van der Waals surface area contributed by atoms with Crippen molar-refractivity contribution >= 4 is 0 Å². The number of alkyl halides is 5. The summed E-state index contributed by atoms with van der Waals surface area (Å²) in [5, 5.41) is 0. The Morgan fingerprint density at radius 1 is 1.18 bits per heavy atom. The van der Waals surface area contributed by atoms with Gasteiger partial charge in [-0.15, -0.1) is 0 Å². The molecule has 68 valence electrons. The van der Waals surface area contributed by atoms with Gasteiger partial charge in [0.1, 0.15) is 0 Å². The Kier molecular flexibility index (Phi) is 2.82. The maximum atomic E-state index is 12.1. The fourth-order valence-corrected chi connectivity index (χ4v) is 0.427. The first-order chi connectivity index (χ1) is 4.73. The topological polar surface area (TPSA) is 26.0 Å². The van der Waals surface area contributed by atoms with Gasteiger partial charge in [0.25, 0.3) is 0 Å². The molecule has 1 nitrogen and oxygen atoms in total. The van der Waals surface area contributed by atoms with Gasteiger partial charge in [0, 0.05) is 12.5 Å². The van der Waals surface area contributed by atoms with Crippen molar-refractivity contribution in [3.05, 3.63) is 0 Å². The quantitative estimate of drug-likeness (QED) is 0.639. The van der Waals surface area contributed by atoms with Gasteiger partial charge in [-0.25, -0.2) is 0 Å². The maximum Gasteiger partial charge on any atom is 0.453 e. The Bertz CT molecular complexity index is 129. The summed E-state index contributed by atoms with van der Waals surface area (Å²) >= 11 is 0. The average Bonchev–Trinajstić information content (AvgIpc) is 1.83. The molecule has 0 aromatic rings. The molecule has 0 radical (unpaired) electrons. The van der Waals surface area contributed by atoms with E-state index < -0.39 is 24.6 Å². The van der Waals surface area contributed by atoms with Crippen molar-refractivity contribution in [1.29, 1.82) is 0 Å². The standard InChI is InChI=1S/C5H8F5N/c1-3(2-11)4(6,7)5(8,9)10/h3H,2,11H2,1H3. The fourth-order valence-electron chi connectivity index (χ4n) is 0.427. The van der Waals surface area contributed by atoms with E-state index in [-0.39, 0.29) is 0 Å². The van der Waals surface area contributed by atoms with Crippen LogP contribution in [0.25, 0.3) is 0 Å². The van der Waals surface area contributed by atoms with Crippen LogP contribution in [0.3, 0.4) is 0 Å². The Hall–Kier alpha value is -0.390. The minimum absolute atomic E-state index is 0.688. The summed E-state index contributed by atoms with van der Waals surface area (Å²) in [4.78, 5) is 0. The SMILES string of the molecule is CC(CN)C(F)(F)C(F)(F)F. The second-order valence-electron chi connectivity index (χ2n) is 2.26. The Morgan fingerprint density at radius 3 is 1.64 bits per heavy atom. The summed E-state index contributed by atoms with van der Waals surface area (Å²) in [6.07, 6.45) is -5.49. The molecule has 0 fully saturated rings. The molecule has 1 atom stereocenters. The van der Waals surface area contributed by atoms with E-state index in [2.05, 4.69) is 5.73 Å². The zero-order chi connectivity index (χ0) is 9.28. The third-order valence-corrected chi connectivity index (χ3v) is 1.35. The summed E-state index contributed by atoms with van der Waals surface area (Å²) in [6, 6.07) is 0. The summed E-state index contributed by atoms with van der Waals surface area (Å²) in [5.41, 5.74) is 4.67. The zero-order valence-electron chi connectivity index (χ0n) is 5.75. The molecule has 0 saturated heterocycles. The van der Waals surface area contributed by atoms with E-state index in [1.54, 1.807) is 0 Å². The molecular formula is C5H8F5N. The lowest BCUT2D eigenvalue weighted by Crippen LogP contribution is -2.45. The van der Waals surface area contributed by atoms with Crippen LogP contribution < -0.4 is 5.73 Å². The first-order valence-electron chi connectivity index (χ1n) is 2.88. The van der Waals surface area contributed by atoms with Gasteiger partial charge in [-0.1, -0.05) is 6.92 Å². The minimum Gasteiger partial charge on any atom is -0.330 e. The van der Waals surface area contributed by atoms with E-state index in [0.717, 1.165) is 6.92 Å². The highest BCUT2D eigenvalue weighted by atomic mass is 19.4. The predicted octanol–water partition coefficient (Wildman–Crippen LogP) is 1.78. The summed E-state index contributed by atoms with van der Waals surface area (Å²) in [5.74, 6) is -6.55. The van der Waals surface area contributed by atoms with Crippen molar-refractivity contribution in [1.82, 2.24) is 0 Å². The molecule has 0 amide bonds. The van der Waals surface area contributed by atoms with Crippen LogP contribution in [0.5, 0.6) is 0 Å². The predicted molar refractivity (Wildman–Crippen MR) is 29.2 cm³/mol. The van der Waals surface area contributed by atoms with Gasteiger partial charge in [-0.3, -0.25) is 0 Å². The molecule has 0 rings (SSSR count). The normalized spacial score (nSPS) is 16.6. The molecule has 0 aromatic carbocycles. The monoisotopic (exact) mass is 177 g/mol. The second-order valence-corrected chi connectivity index (χ2v) is 2.26. The van der Waals surface area contributed by atoms with Crippen LogP contribution in [0.15, 0.2) is 0 Å². The van der Waals surface area contributed by atoms with Gasteiger partial charge in [0.2, 0.25) is 0 Å². The van der Waals surface area contributed by atoms with Crippen LogP contribution in [-0.2, 0) is 0 Å². The first-order valence-corrected chi connectivity index (χ1v) is 2.88. The molecule has 0 aliphatic heterocycles. The molecule has 11 heavy (non-hydrogen) atoms. The maximum absolute atomic E-state index is 12.1. The fraction of sp³-hybridized carbons (Fsp3) is 1.00. The molecule has 0 bridgehead atoms. The molecule has 0 aliphatic rings. The molecule has 0 heterocycles. The molecule has 6 heteroatoms. The van der Waals surface area contributed by atoms with Crippen LogP contribution in [0.2, 0.25) is 0 Å². The smallest absolute Gasteiger partial charge is 0.330 e. The van der Waals surface area contributed by atoms with Crippen molar-refractivity contribution in [3.8, 4) is 0 Å². The van der Waals surface area contributed by atoms with E-state index in [4.69, 9.17) is 0 Å². The van der Waals surface area contributed by atoms with Crippen LogP contribution >= 0.6 is 0 Å². The number of rotatable bonds is 2. The highest BCUT2D eigenvalue weighted by molar-refractivity contribution is 4.81. The Morgan fingerprint density at radius 2 is 1.55 bits per heavy atom. The van der Waals surface area contributed by atoms with Crippen LogP contribution in [0, 0.1) is 5.92 Å². The van der Waals surface area contributed by atoms with Gasteiger partial charge in [-0.05, 0) is 0 Å². The number of nitrogens with two attached hydrogens (primary N) is 1. The summed E-state index contributed by atoms with van der Waals surface area (Å²) in [7, 11) is 0. The lowest BCUT2D eigenvalue weighted by Gasteiger charge is -2.24. The van der Waals surface area contributed by atoms with Crippen LogP contribution in [0.4, 0.5) is 22.0 Å². The highest BCUT2D eigenvalue weighted by Gasteiger charge is 2.60. The molecule has 0 saturated carbocycles. The lowest BCUT2D eigenvalue weighted by atomic mass is 10.0. The van der Waals surface area contributed by atoms with Gasteiger partial charge in [-0.2, -0.15) is 22.0 Å². The van der Waals surface area contributed by atoms with E-state index >= 15 is 0 Å². The van der Waals surface area contributed by atoms with E-state index in [1.165, 1.54) is 0 Å². The Balaban J connectivity index is 4.45. The molecule has 0 spiro atoms. The van der Waals surface area contributed by atoms with Gasteiger partial charge < -0.3 is 5.73 Å². The molecular weight excluding hydrogens is 169 g/mol. The van der Waals surface area contributed by atoms with E-state index in [0.29, 0.717) is 0 Å². The van der Waals surface area contributed by atoms with Crippen molar-refractivity contribution in [2.45, 2.75) is 19.0 Å². The minimum atomic E-state index is -5.49. The average molecular weight is 177 g/mol. The second kappa shape index (κ2) is 2.92. The molecule has 0 aromatic heterocycles. The molecule has 1 unspecified atom stereocenters. The van der Waals surface area contributed by atoms with Crippen LogP contribution in [-0.4, -0.2) is 18.6 Å². The number of hydrogen-bond acceptors (Lipinski definition) is 1. The molecule has 0 aliphatic carbocycles. The van der Waals surface area contributed by atoms with E-state index in [9.17, 15) is 22.0 Å². The van der Waals surface area contributed by atoms with Crippen LogP contribution in [0.1, 0.15) is 6.92 Å². The Labute approximate surface area is 60.4 Å². The van der Waals surface area contributed by atoms with Crippen molar-refractivity contribution < 1.29 is 22.0 Å². The largest absolute Gasteiger partial charge is 0.453 e. The van der Waals surface area contributed by atoms with Gasteiger partial charge in [0.05, 0.1) is 0 Å². The van der Waals surface area contributed by atoms with Crippen molar-refractivity contribution in [3.63, 3.8) is 0 Å². The summed E-state index contributed by atoms with van der Waals surface area (Å²) < 4.78 is 58.6. The number of hydrogen-bond donors (Lipinski definition) is 1. The first kappa shape index (κ1) is 10.6. The third-order valence-electron chi connectivity index (χ3n) is 1.35. The lowest BCUT2D eigenvalue weighted by molar-refractivity contribution is -0.299. The summed E-state index contributed by atoms with van der Waals surface area (Å²) in [6.45, 7) is 0.0694. The number of halogens is 5. The molecule has 2 N–H and O–H groups in total. The van der Waals surface area contributed by atoms with Gasteiger partial charge >= 0.3 is 12.1 Å². The van der Waals surface area contributed by atoms with Crippen molar-refractivity contribution in [2.75, 3.05) is 6.54 Å². The van der Waals surface area contributed by atoms with E-state index in [1.807, 2.05) is 0 Å².